The number of anilines is 1. The summed E-state index contributed by atoms with van der Waals surface area (Å²) in [6.45, 7) is 2.53. The summed E-state index contributed by atoms with van der Waals surface area (Å²) >= 11 is 0. The number of amides is 2. The van der Waals surface area contributed by atoms with Crippen LogP contribution in [0.2, 0.25) is 0 Å². The van der Waals surface area contributed by atoms with E-state index in [1.165, 1.54) is 9.58 Å². The minimum atomic E-state index is -0.936. The minimum absolute atomic E-state index is 0.0870. The number of rotatable bonds is 9. The van der Waals surface area contributed by atoms with Gasteiger partial charge in [0.05, 0.1) is 30.6 Å². The van der Waals surface area contributed by atoms with Crippen LogP contribution >= 0.6 is 0 Å². The van der Waals surface area contributed by atoms with Crippen molar-refractivity contribution in [1.82, 2.24) is 24.9 Å². The first kappa shape index (κ1) is 22.8. The lowest BCUT2D eigenvalue weighted by Gasteiger charge is -2.31. The lowest BCUT2D eigenvalue weighted by Crippen LogP contribution is -2.46. The van der Waals surface area contributed by atoms with Crippen LogP contribution in [0.5, 0.6) is 0 Å². The molecule has 1 aliphatic rings. The average molecular weight is 434 g/mol. The Morgan fingerprint density at radius 1 is 1.35 bits per heavy atom. The molecule has 2 amide bonds. The maximum atomic E-state index is 12.6. The lowest BCUT2D eigenvalue weighted by molar-refractivity contribution is 0.0646. The molecule has 2 unspecified atom stereocenters. The van der Waals surface area contributed by atoms with Crippen molar-refractivity contribution in [1.29, 1.82) is 0 Å². The molecule has 0 spiro atoms. The van der Waals surface area contributed by atoms with Crippen molar-refractivity contribution in [3.8, 4) is 0 Å². The molecule has 2 aromatic heterocycles. The summed E-state index contributed by atoms with van der Waals surface area (Å²) in [5, 5.41) is 23.9. The second-order valence-corrected chi connectivity index (χ2v) is 7.90. The number of nitrogens with zero attached hydrogens (tertiary/aromatic N) is 4. The van der Waals surface area contributed by atoms with E-state index in [2.05, 4.69) is 20.6 Å². The molecular formula is C20H30N6O5. The van der Waals surface area contributed by atoms with E-state index >= 15 is 0 Å². The number of carbonyl (C=O) groups excluding carboxylic acids is 1. The van der Waals surface area contributed by atoms with Gasteiger partial charge in [0.25, 0.3) is 5.91 Å². The fourth-order valence-corrected chi connectivity index (χ4v) is 4.26. The van der Waals surface area contributed by atoms with Gasteiger partial charge in [-0.3, -0.25) is 14.6 Å². The molecule has 0 aliphatic heterocycles. The third kappa shape index (κ3) is 5.23. The summed E-state index contributed by atoms with van der Waals surface area (Å²) in [5.74, 6) is 0.302. The Kier molecular flexibility index (Phi) is 7.29. The first-order chi connectivity index (χ1) is 14.8. The van der Waals surface area contributed by atoms with Gasteiger partial charge in [-0.15, -0.1) is 0 Å². The van der Waals surface area contributed by atoms with E-state index in [9.17, 15) is 14.7 Å². The van der Waals surface area contributed by atoms with Crippen LogP contribution in [-0.2, 0) is 23.1 Å². The summed E-state index contributed by atoms with van der Waals surface area (Å²) in [6.07, 6.45) is 1.33. The zero-order chi connectivity index (χ0) is 22.5. The van der Waals surface area contributed by atoms with Crippen LogP contribution < -0.4 is 5.32 Å². The predicted molar refractivity (Wildman–Crippen MR) is 112 cm³/mol. The molecule has 0 aromatic carbocycles. The molecule has 31 heavy (non-hydrogen) atoms. The number of nitrogens with one attached hydrogen (secondary N) is 2. The van der Waals surface area contributed by atoms with Gasteiger partial charge in [-0.1, -0.05) is 0 Å². The highest BCUT2D eigenvalue weighted by Gasteiger charge is 2.36. The Hall–Kier alpha value is -2.92. The molecular weight excluding hydrogens is 404 g/mol. The van der Waals surface area contributed by atoms with E-state index in [0.29, 0.717) is 36.8 Å². The van der Waals surface area contributed by atoms with Gasteiger partial charge in [0.15, 0.2) is 0 Å². The van der Waals surface area contributed by atoms with Crippen LogP contribution in [0.4, 0.5) is 10.6 Å². The summed E-state index contributed by atoms with van der Waals surface area (Å²) in [5.41, 5.74) is 1.89. The molecule has 0 saturated heterocycles. The van der Waals surface area contributed by atoms with E-state index in [4.69, 9.17) is 9.47 Å². The maximum Gasteiger partial charge on any atom is 0.407 e. The normalized spacial score (nSPS) is 19.4. The number of aryl methyl sites for hydroxylation is 1. The molecule has 2 aromatic rings. The van der Waals surface area contributed by atoms with Crippen molar-refractivity contribution in [3.05, 3.63) is 29.2 Å². The van der Waals surface area contributed by atoms with Crippen LogP contribution in [0, 0.1) is 0 Å². The van der Waals surface area contributed by atoms with Gasteiger partial charge >= 0.3 is 6.09 Å². The Morgan fingerprint density at radius 3 is 2.81 bits per heavy atom. The van der Waals surface area contributed by atoms with Crippen LogP contribution in [-0.4, -0.2) is 74.9 Å². The SMILES string of the molecule is COCc1cc(C(=O)Nc2cc(C3CCC(N(C(=O)O)[C@@H](C)COC)C3)n[nH]2)n(C)n1. The Bertz CT molecular complexity index is 910. The highest BCUT2D eigenvalue weighted by Crippen LogP contribution is 2.37. The molecule has 2 heterocycles. The fourth-order valence-electron chi connectivity index (χ4n) is 4.26. The van der Waals surface area contributed by atoms with Crippen LogP contribution in [0.25, 0.3) is 0 Å². The second-order valence-electron chi connectivity index (χ2n) is 7.90. The van der Waals surface area contributed by atoms with Gasteiger partial charge in [-0.25, -0.2) is 4.79 Å². The lowest BCUT2D eigenvalue weighted by atomic mass is 10.0. The Morgan fingerprint density at radius 2 is 2.13 bits per heavy atom. The molecule has 0 radical (unpaired) electrons. The first-order valence-corrected chi connectivity index (χ1v) is 10.2. The van der Waals surface area contributed by atoms with Gasteiger partial charge in [0, 0.05) is 39.3 Å². The molecule has 3 atom stereocenters. The summed E-state index contributed by atoms with van der Waals surface area (Å²) in [7, 11) is 4.84. The zero-order valence-electron chi connectivity index (χ0n) is 18.3. The standard InChI is InChI=1S/C20H30N6O5/c1-12(10-30-3)26(20(28)29)15-6-5-13(7-15)16-9-18(23-22-16)21-19(27)17-8-14(11-31-4)24-25(17)2/h8-9,12-13,15H,5-7,10-11H2,1-4H3,(H,28,29)(H2,21,22,23,27)/t12-,13?,15?/m0/s1. The Labute approximate surface area is 180 Å². The molecule has 3 rings (SSSR count). The topological polar surface area (TPSA) is 135 Å². The number of methoxy groups -OCH3 is 2. The number of carbonyl (C=O) groups is 2. The third-order valence-electron chi connectivity index (χ3n) is 5.62. The Balaban J connectivity index is 1.63. The van der Waals surface area contributed by atoms with Gasteiger partial charge in [0.1, 0.15) is 11.5 Å². The van der Waals surface area contributed by atoms with E-state index in [1.54, 1.807) is 33.4 Å². The van der Waals surface area contributed by atoms with E-state index in [-0.39, 0.29) is 23.9 Å². The zero-order valence-corrected chi connectivity index (χ0v) is 18.3. The predicted octanol–water partition coefficient (Wildman–Crippen LogP) is 2.19. The number of H-pyrrole nitrogens is 1. The number of aromatic nitrogens is 4. The first-order valence-electron chi connectivity index (χ1n) is 10.2. The van der Waals surface area contributed by atoms with Crippen molar-refractivity contribution >= 4 is 17.8 Å². The van der Waals surface area contributed by atoms with Crippen LogP contribution in [0.3, 0.4) is 0 Å². The van der Waals surface area contributed by atoms with E-state index in [1.807, 2.05) is 6.92 Å². The second kappa shape index (κ2) is 9.92. The fraction of sp³-hybridized carbons (Fsp3) is 0.600. The van der Waals surface area contributed by atoms with E-state index in [0.717, 1.165) is 18.5 Å². The molecule has 0 bridgehead atoms. The highest BCUT2D eigenvalue weighted by atomic mass is 16.5. The van der Waals surface area contributed by atoms with Crippen molar-refractivity contribution in [2.75, 3.05) is 26.1 Å². The molecule has 1 saturated carbocycles. The van der Waals surface area contributed by atoms with Crippen molar-refractivity contribution in [2.45, 2.75) is 50.8 Å². The molecule has 1 aliphatic carbocycles. The molecule has 11 heteroatoms. The molecule has 3 N–H and O–H groups in total. The molecule has 11 nitrogen and oxygen atoms in total. The maximum absolute atomic E-state index is 12.6. The number of hydrogen-bond acceptors (Lipinski definition) is 6. The van der Waals surface area contributed by atoms with Crippen molar-refractivity contribution in [2.24, 2.45) is 7.05 Å². The summed E-state index contributed by atoms with van der Waals surface area (Å²) in [4.78, 5) is 25.8. The monoisotopic (exact) mass is 434 g/mol. The number of carboxylic acid groups (broad SMARTS) is 1. The third-order valence-corrected chi connectivity index (χ3v) is 5.62. The minimum Gasteiger partial charge on any atom is -0.465 e. The van der Waals surface area contributed by atoms with Crippen molar-refractivity contribution in [3.63, 3.8) is 0 Å². The smallest absolute Gasteiger partial charge is 0.407 e. The van der Waals surface area contributed by atoms with Gasteiger partial charge < -0.3 is 24.8 Å². The van der Waals surface area contributed by atoms with Crippen molar-refractivity contribution < 1.29 is 24.2 Å². The van der Waals surface area contributed by atoms with Gasteiger partial charge in [-0.2, -0.15) is 10.2 Å². The van der Waals surface area contributed by atoms with Gasteiger partial charge in [0.2, 0.25) is 0 Å². The van der Waals surface area contributed by atoms with Crippen LogP contribution in [0.15, 0.2) is 12.1 Å². The number of hydrogen-bond donors (Lipinski definition) is 3. The highest BCUT2D eigenvalue weighted by molar-refractivity contribution is 6.02. The van der Waals surface area contributed by atoms with Gasteiger partial charge in [-0.05, 0) is 32.3 Å². The number of aromatic amines is 1. The molecule has 170 valence electrons. The number of ether oxygens (including phenoxy) is 2. The quantitative estimate of drug-likeness (QED) is 0.551. The summed E-state index contributed by atoms with van der Waals surface area (Å²) < 4.78 is 11.7. The van der Waals surface area contributed by atoms with Crippen LogP contribution in [0.1, 0.15) is 54.0 Å². The van der Waals surface area contributed by atoms with E-state index < -0.39 is 6.09 Å². The molecule has 1 fully saturated rings. The average Bonchev–Trinajstić information content (AvgIpc) is 3.42. The summed E-state index contributed by atoms with van der Waals surface area (Å²) in [6, 6.07) is 3.18. The largest absolute Gasteiger partial charge is 0.465 e.